The Morgan fingerprint density at radius 3 is 3.07 bits per heavy atom. The molecule has 1 aromatic rings. The second kappa shape index (κ2) is 6.08. The van der Waals surface area contributed by atoms with E-state index in [1.165, 1.54) is 13.2 Å². The first-order valence-electron chi connectivity index (χ1n) is 4.59. The van der Waals surface area contributed by atoms with E-state index in [-0.39, 0.29) is 11.8 Å². The Balaban J connectivity index is 2.23. The minimum Gasteiger partial charge on any atom is -0.469 e. The van der Waals surface area contributed by atoms with E-state index in [0.29, 0.717) is 19.5 Å². The van der Waals surface area contributed by atoms with Crippen LogP contribution in [-0.4, -0.2) is 24.6 Å². The molecule has 0 atom stereocenters. The molecule has 1 N–H and O–H groups in total. The lowest BCUT2D eigenvalue weighted by Crippen LogP contribution is -2.18. The fourth-order valence-electron chi connectivity index (χ4n) is 1.08. The summed E-state index contributed by atoms with van der Waals surface area (Å²) in [5.74, 6) is -0.623. The van der Waals surface area contributed by atoms with E-state index in [0.717, 1.165) is 11.8 Å². The number of nitrogens with one attached hydrogen (secondary N) is 1. The first-order valence-corrected chi connectivity index (χ1v) is 4.59. The first kappa shape index (κ1) is 11.6. The van der Waals surface area contributed by atoms with Crippen LogP contribution in [0.4, 0.5) is 4.39 Å². The normalized spacial score (nSPS) is 10.0. The summed E-state index contributed by atoms with van der Waals surface area (Å²) in [7, 11) is 1.35. The number of pyridine rings is 1. The number of esters is 1. The summed E-state index contributed by atoms with van der Waals surface area (Å²) in [5.41, 5.74) is 0.750. The van der Waals surface area contributed by atoms with Crippen LogP contribution in [-0.2, 0) is 16.1 Å². The van der Waals surface area contributed by atoms with E-state index in [1.807, 2.05) is 0 Å². The lowest BCUT2D eigenvalue weighted by atomic mass is 10.3. The minimum atomic E-state index is -0.359. The molecule has 0 saturated heterocycles. The lowest BCUT2D eigenvalue weighted by molar-refractivity contribution is -0.140. The number of halogens is 1. The van der Waals surface area contributed by atoms with E-state index < -0.39 is 0 Å². The Morgan fingerprint density at radius 1 is 1.60 bits per heavy atom. The second-order valence-corrected chi connectivity index (χ2v) is 3.01. The highest BCUT2D eigenvalue weighted by atomic mass is 19.1. The summed E-state index contributed by atoms with van der Waals surface area (Å²) in [6, 6.07) is 1.40. The van der Waals surface area contributed by atoms with Crippen molar-refractivity contribution in [2.45, 2.75) is 13.0 Å². The predicted molar refractivity (Wildman–Crippen MR) is 52.5 cm³/mol. The summed E-state index contributed by atoms with van der Waals surface area (Å²) in [6.45, 7) is 0.991. The van der Waals surface area contributed by atoms with E-state index in [2.05, 4.69) is 15.0 Å². The van der Waals surface area contributed by atoms with Gasteiger partial charge >= 0.3 is 5.97 Å². The zero-order valence-corrected chi connectivity index (χ0v) is 8.50. The zero-order valence-electron chi connectivity index (χ0n) is 8.50. The standard InChI is InChI=1S/C10H13FN2O2/c1-15-10(14)2-3-12-5-8-4-9(11)7-13-6-8/h4,6-7,12H,2-3,5H2,1H3. The molecule has 82 valence electrons. The van der Waals surface area contributed by atoms with Crippen molar-refractivity contribution < 1.29 is 13.9 Å². The van der Waals surface area contributed by atoms with Gasteiger partial charge in [0, 0.05) is 19.3 Å². The van der Waals surface area contributed by atoms with Gasteiger partial charge in [-0.1, -0.05) is 0 Å². The first-order chi connectivity index (χ1) is 7.22. The Hall–Kier alpha value is -1.49. The molecular weight excluding hydrogens is 199 g/mol. The zero-order chi connectivity index (χ0) is 11.1. The smallest absolute Gasteiger partial charge is 0.306 e. The average molecular weight is 212 g/mol. The van der Waals surface area contributed by atoms with Crippen molar-refractivity contribution in [3.05, 3.63) is 29.8 Å². The maximum Gasteiger partial charge on any atom is 0.306 e. The summed E-state index contributed by atoms with van der Waals surface area (Å²) in [4.78, 5) is 14.5. The van der Waals surface area contributed by atoms with Crippen molar-refractivity contribution in [2.24, 2.45) is 0 Å². The maximum atomic E-state index is 12.7. The van der Waals surface area contributed by atoms with Gasteiger partial charge in [-0.3, -0.25) is 9.78 Å². The molecule has 15 heavy (non-hydrogen) atoms. The molecule has 0 aromatic carbocycles. The van der Waals surface area contributed by atoms with Crippen LogP contribution in [0.1, 0.15) is 12.0 Å². The molecule has 0 radical (unpaired) electrons. The highest BCUT2D eigenvalue weighted by molar-refractivity contribution is 5.69. The molecule has 1 heterocycles. The van der Waals surface area contributed by atoms with Gasteiger partial charge in [0.2, 0.25) is 0 Å². The van der Waals surface area contributed by atoms with Crippen molar-refractivity contribution in [2.75, 3.05) is 13.7 Å². The number of hydrogen-bond donors (Lipinski definition) is 1. The van der Waals surface area contributed by atoms with E-state index in [9.17, 15) is 9.18 Å². The molecule has 0 aliphatic heterocycles. The van der Waals surface area contributed by atoms with Crippen LogP contribution in [0, 0.1) is 5.82 Å². The monoisotopic (exact) mass is 212 g/mol. The van der Waals surface area contributed by atoms with Crippen molar-refractivity contribution >= 4 is 5.97 Å². The van der Waals surface area contributed by atoms with Crippen LogP contribution in [0.25, 0.3) is 0 Å². The van der Waals surface area contributed by atoms with Crippen molar-refractivity contribution in [1.82, 2.24) is 10.3 Å². The second-order valence-electron chi connectivity index (χ2n) is 3.01. The third kappa shape index (κ3) is 4.51. The van der Waals surface area contributed by atoms with Gasteiger partial charge in [0.1, 0.15) is 5.82 Å². The topological polar surface area (TPSA) is 51.2 Å². The fraction of sp³-hybridized carbons (Fsp3) is 0.400. The number of carbonyl (C=O) groups excluding carboxylic acids is 1. The molecule has 1 aromatic heterocycles. The summed E-state index contributed by atoms with van der Waals surface area (Å²) < 4.78 is 17.2. The number of nitrogens with zero attached hydrogens (tertiary/aromatic N) is 1. The van der Waals surface area contributed by atoms with Crippen molar-refractivity contribution in [3.8, 4) is 0 Å². The fourth-order valence-corrected chi connectivity index (χ4v) is 1.08. The van der Waals surface area contributed by atoms with Gasteiger partial charge in [-0.05, 0) is 11.6 Å². The molecule has 4 nitrogen and oxygen atoms in total. The number of carbonyl (C=O) groups is 1. The minimum absolute atomic E-state index is 0.264. The Labute approximate surface area is 87.5 Å². The lowest BCUT2D eigenvalue weighted by Gasteiger charge is -2.03. The van der Waals surface area contributed by atoms with Crippen LogP contribution in [0.2, 0.25) is 0 Å². The largest absolute Gasteiger partial charge is 0.469 e. The van der Waals surface area contributed by atoms with Crippen LogP contribution >= 0.6 is 0 Å². The third-order valence-electron chi connectivity index (χ3n) is 1.82. The Kier molecular flexibility index (Phi) is 4.70. The maximum absolute atomic E-state index is 12.7. The van der Waals surface area contributed by atoms with Crippen LogP contribution < -0.4 is 5.32 Å². The van der Waals surface area contributed by atoms with Gasteiger partial charge in [-0.15, -0.1) is 0 Å². The summed E-state index contributed by atoms with van der Waals surface area (Å²) in [6.07, 6.45) is 3.03. The van der Waals surface area contributed by atoms with Gasteiger partial charge in [0.15, 0.2) is 0 Å². The average Bonchev–Trinajstić information content (AvgIpc) is 2.24. The van der Waals surface area contributed by atoms with E-state index in [4.69, 9.17) is 0 Å². The van der Waals surface area contributed by atoms with Gasteiger partial charge in [-0.25, -0.2) is 4.39 Å². The molecule has 0 saturated carbocycles. The predicted octanol–water partition coefficient (Wildman–Crippen LogP) is 0.873. The molecule has 0 unspecified atom stereocenters. The van der Waals surface area contributed by atoms with Crippen LogP contribution in [0.15, 0.2) is 18.5 Å². The molecule has 1 rings (SSSR count). The third-order valence-corrected chi connectivity index (χ3v) is 1.82. The van der Waals surface area contributed by atoms with Crippen LogP contribution in [0.5, 0.6) is 0 Å². The van der Waals surface area contributed by atoms with Crippen molar-refractivity contribution in [1.29, 1.82) is 0 Å². The van der Waals surface area contributed by atoms with Crippen molar-refractivity contribution in [3.63, 3.8) is 0 Å². The van der Waals surface area contributed by atoms with Gasteiger partial charge in [0.25, 0.3) is 0 Å². The molecule has 5 heteroatoms. The highest BCUT2D eigenvalue weighted by Gasteiger charge is 1.99. The number of hydrogen-bond acceptors (Lipinski definition) is 4. The molecule has 0 aliphatic carbocycles. The van der Waals surface area contributed by atoms with Crippen LogP contribution in [0.3, 0.4) is 0 Å². The van der Waals surface area contributed by atoms with E-state index >= 15 is 0 Å². The van der Waals surface area contributed by atoms with E-state index in [1.54, 1.807) is 6.20 Å². The Bertz CT molecular complexity index is 331. The molecule has 0 aliphatic rings. The van der Waals surface area contributed by atoms with Gasteiger partial charge in [-0.2, -0.15) is 0 Å². The van der Waals surface area contributed by atoms with Gasteiger partial charge < -0.3 is 10.1 Å². The molecular formula is C10H13FN2O2. The molecule has 0 fully saturated rings. The highest BCUT2D eigenvalue weighted by Crippen LogP contribution is 1.99. The molecule has 0 bridgehead atoms. The number of methoxy groups -OCH3 is 1. The molecule has 0 amide bonds. The SMILES string of the molecule is COC(=O)CCNCc1cncc(F)c1. The number of aromatic nitrogens is 1. The molecule has 0 spiro atoms. The summed E-state index contributed by atoms with van der Waals surface area (Å²) >= 11 is 0. The number of rotatable bonds is 5. The Morgan fingerprint density at radius 2 is 2.40 bits per heavy atom. The van der Waals surface area contributed by atoms with Gasteiger partial charge in [0.05, 0.1) is 19.7 Å². The summed E-state index contributed by atoms with van der Waals surface area (Å²) in [5, 5.41) is 2.99. The quantitative estimate of drug-likeness (QED) is 0.581. The number of ether oxygens (including phenoxy) is 1.